The van der Waals surface area contributed by atoms with Crippen LogP contribution in [0.25, 0.3) is 21.5 Å². The molecule has 0 bridgehead atoms. The van der Waals surface area contributed by atoms with Crippen molar-refractivity contribution in [3.05, 3.63) is 120 Å². The van der Waals surface area contributed by atoms with E-state index < -0.39 is 43.9 Å². The minimum atomic E-state index is -4.51. The van der Waals surface area contributed by atoms with Gasteiger partial charge in [-0.25, -0.2) is 0 Å². The molecule has 6 aromatic rings. The van der Waals surface area contributed by atoms with Gasteiger partial charge in [-0.2, -0.15) is 16.8 Å². The molecule has 0 aliphatic rings. The summed E-state index contributed by atoms with van der Waals surface area (Å²) in [4.78, 5) is 51.2. The molecule has 54 heavy (non-hydrogen) atoms. The number of carbonyl (C=O) groups excluding carboxylic acids is 4. The number of phenols is 2. The molecule has 0 aliphatic heterocycles. The summed E-state index contributed by atoms with van der Waals surface area (Å²) in [6.45, 7) is 0. The van der Waals surface area contributed by atoms with E-state index in [-0.39, 0.29) is 65.9 Å². The number of amides is 4. The van der Waals surface area contributed by atoms with E-state index in [1.807, 2.05) is 0 Å². The predicted octanol–water partition coefficient (Wildman–Crippen LogP) is 4.98. The predicted molar refractivity (Wildman–Crippen MR) is 197 cm³/mol. The zero-order chi connectivity index (χ0) is 38.9. The average Bonchev–Trinajstić information content (AvgIpc) is 3.12. The van der Waals surface area contributed by atoms with Gasteiger partial charge in [-0.1, -0.05) is 36.4 Å². The van der Waals surface area contributed by atoms with Crippen molar-refractivity contribution in [2.75, 3.05) is 21.3 Å². The van der Waals surface area contributed by atoms with E-state index in [2.05, 4.69) is 21.3 Å². The van der Waals surface area contributed by atoms with Crippen LogP contribution in [0, 0.1) is 0 Å². The fourth-order valence-electron chi connectivity index (χ4n) is 5.40. The molecule has 0 heterocycles. The van der Waals surface area contributed by atoms with E-state index in [0.29, 0.717) is 10.8 Å². The third-order valence-corrected chi connectivity index (χ3v) is 9.68. The van der Waals surface area contributed by atoms with Crippen LogP contribution >= 0.6 is 0 Å². The van der Waals surface area contributed by atoms with Crippen molar-refractivity contribution in [1.82, 2.24) is 0 Å². The van der Waals surface area contributed by atoms with Gasteiger partial charge in [0.1, 0.15) is 11.5 Å². The minimum Gasteiger partial charge on any atom is -0.506 e. The second-order valence-electron chi connectivity index (χ2n) is 11.6. The molecule has 0 aromatic heterocycles. The summed E-state index contributed by atoms with van der Waals surface area (Å²) in [6.07, 6.45) is 0. The number of hydrogen-bond acceptors (Lipinski definition) is 10. The lowest BCUT2D eigenvalue weighted by atomic mass is 10.1. The van der Waals surface area contributed by atoms with Crippen molar-refractivity contribution in [1.29, 1.82) is 0 Å². The molecule has 0 radical (unpaired) electrons. The molecule has 274 valence electrons. The number of carbonyl (C=O) groups is 4. The molecule has 0 aliphatic carbocycles. The number of anilines is 4. The number of hydrogen-bond donors (Lipinski definition) is 8. The Labute approximate surface area is 305 Å². The molecule has 0 unspecified atom stereocenters. The van der Waals surface area contributed by atoms with Gasteiger partial charge in [0.05, 0.1) is 21.2 Å². The van der Waals surface area contributed by atoms with Crippen LogP contribution in [0.3, 0.4) is 0 Å². The van der Waals surface area contributed by atoms with E-state index in [1.54, 1.807) is 0 Å². The second kappa shape index (κ2) is 14.3. The standard InChI is InChI=1S/C36H26N4O12S2/c41-29-13-7-19-17-25(53(47,48)49)9-11-27(19)31(29)39-33(43)21-3-1-5-23(15-21)37-35(45)36(46)38-24-6-2-4-22(16-24)34(44)40-32-28-12-10-26(54(50,51)52)18-20(28)8-14-30(32)42/h1-18,41-42H,(H,37,45)(H,38,46)(H,39,43)(H,40,44)(H,47,48,49)(H,50,51,52). The fourth-order valence-corrected chi connectivity index (χ4v) is 6.43. The SMILES string of the molecule is O=C(Nc1cccc(C(=O)Nc2c(O)ccc3cc(S(=O)(=O)O)ccc23)c1)C(=O)Nc1cccc(C(=O)Nc2c(O)ccc3cc(S(=O)(=O)O)ccc23)c1. The quantitative estimate of drug-likeness (QED) is 0.0579. The fraction of sp³-hybridized carbons (Fsp3) is 0. The second-order valence-corrected chi connectivity index (χ2v) is 14.5. The minimum absolute atomic E-state index is 0.00832. The molecular formula is C36H26N4O12S2. The van der Waals surface area contributed by atoms with E-state index in [1.165, 1.54) is 84.9 Å². The lowest BCUT2D eigenvalue weighted by Gasteiger charge is -2.13. The summed E-state index contributed by atoms with van der Waals surface area (Å²) >= 11 is 0. The van der Waals surface area contributed by atoms with E-state index in [9.17, 15) is 55.3 Å². The number of nitrogens with one attached hydrogen (secondary N) is 4. The van der Waals surface area contributed by atoms with Crippen molar-refractivity contribution in [2.45, 2.75) is 9.79 Å². The molecule has 0 spiro atoms. The van der Waals surface area contributed by atoms with Gasteiger partial charge in [-0.3, -0.25) is 28.3 Å². The van der Waals surface area contributed by atoms with Crippen molar-refractivity contribution in [2.24, 2.45) is 0 Å². The van der Waals surface area contributed by atoms with Crippen LogP contribution in [-0.4, -0.2) is 59.8 Å². The topological polar surface area (TPSA) is 266 Å². The number of rotatable bonds is 8. The van der Waals surface area contributed by atoms with E-state index >= 15 is 0 Å². The molecule has 0 atom stereocenters. The maximum absolute atomic E-state index is 13.2. The highest BCUT2D eigenvalue weighted by Gasteiger charge is 2.20. The molecule has 0 saturated carbocycles. The van der Waals surface area contributed by atoms with Crippen LogP contribution < -0.4 is 21.3 Å². The maximum Gasteiger partial charge on any atom is 0.314 e. The van der Waals surface area contributed by atoms with E-state index in [4.69, 9.17) is 0 Å². The first kappa shape index (κ1) is 36.9. The summed E-state index contributed by atoms with van der Waals surface area (Å²) in [5, 5.41) is 31.8. The summed E-state index contributed by atoms with van der Waals surface area (Å²) in [7, 11) is -9.01. The van der Waals surface area contributed by atoms with Crippen LogP contribution in [-0.2, 0) is 29.8 Å². The Balaban J connectivity index is 1.12. The highest BCUT2D eigenvalue weighted by Crippen LogP contribution is 2.35. The summed E-state index contributed by atoms with van der Waals surface area (Å²) < 4.78 is 64.9. The van der Waals surface area contributed by atoms with Gasteiger partial charge in [0.25, 0.3) is 32.1 Å². The normalized spacial score (nSPS) is 11.5. The molecule has 8 N–H and O–H groups in total. The number of benzene rings is 6. The first-order valence-electron chi connectivity index (χ1n) is 15.4. The third kappa shape index (κ3) is 7.96. The van der Waals surface area contributed by atoms with Gasteiger partial charge in [0, 0.05) is 33.3 Å². The lowest BCUT2D eigenvalue weighted by molar-refractivity contribution is -0.132. The summed E-state index contributed by atoms with van der Waals surface area (Å²) in [6, 6.07) is 23.4. The van der Waals surface area contributed by atoms with Crippen LogP contribution in [0.1, 0.15) is 20.7 Å². The van der Waals surface area contributed by atoms with Gasteiger partial charge < -0.3 is 31.5 Å². The monoisotopic (exact) mass is 770 g/mol. The van der Waals surface area contributed by atoms with Gasteiger partial charge in [-0.15, -0.1) is 0 Å². The summed E-state index contributed by atoms with van der Waals surface area (Å²) in [5.74, 6) is -4.38. The summed E-state index contributed by atoms with van der Waals surface area (Å²) in [5.41, 5.74) is 0.0199. The smallest absolute Gasteiger partial charge is 0.314 e. The molecule has 4 amide bonds. The van der Waals surface area contributed by atoms with Crippen molar-refractivity contribution >= 4 is 88.2 Å². The van der Waals surface area contributed by atoms with E-state index in [0.717, 1.165) is 24.3 Å². The lowest BCUT2D eigenvalue weighted by Crippen LogP contribution is -2.29. The van der Waals surface area contributed by atoms with Crippen molar-refractivity contribution in [3.63, 3.8) is 0 Å². The van der Waals surface area contributed by atoms with Crippen LogP contribution in [0.15, 0.2) is 119 Å². The Bertz CT molecular complexity index is 2600. The molecule has 0 saturated heterocycles. The maximum atomic E-state index is 13.2. The zero-order valence-electron chi connectivity index (χ0n) is 27.3. The van der Waals surface area contributed by atoms with Crippen molar-refractivity contribution in [3.8, 4) is 11.5 Å². The largest absolute Gasteiger partial charge is 0.506 e. The first-order valence-corrected chi connectivity index (χ1v) is 18.3. The van der Waals surface area contributed by atoms with Gasteiger partial charge in [0.2, 0.25) is 0 Å². The molecule has 6 rings (SSSR count). The molecule has 18 heteroatoms. The third-order valence-electron chi connectivity index (χ3n) is 7.98. The van der Waals surface area contributed by atoms with Crippen LogP contribution in [0.5, 0.6) is 11.5 Å². The molecule has 0 fully saturated rings. The number of aromatic hydroxyl groups is 2. The van der Waals surface area contributed by atoms with Crippen molar-refractivity contribution < 1.29 is 55.3 Å². The van der Waals surface area contributed by atoms with Gasteiger partial charge in [0.15, 0.2) is 0 Å². The van der Waals surface area contributed by atoms with Crippen LogP contribution in [0.4, 0.5) is 22.7 Å². The number of phenolic OH excluding ortho intramolecular Hbond substituents is 2. The Morgan fingerprint density at radius 2 is 0.852 bits per heavy atom. The first-order chi connectivity index (χ1) is 25.5. The Kier molecular flexibility index (Phi) is 9.76. The Morgan fingerprint density at radius 3 is 1.22 bits per heavy atom. The molecule has 16 nitrogen and oxygen atoms in total. The highest BCUT2D eigenvalue weighted by molar-refractivity contribution is 7.86. The number of fused-ring (bicyclic) bond motifs is 2. The zero-order valence-corrected chi connectivity index (χ0v) is 28.9. The average molecular weight is 771 g/mol. The Morgan fingerprint density at radius 1 is 0.463 bits per heavy atom. The molecule has 6 aromatic carbocycles. The molecular weight excluding hydrogens is 745 g/mol. The Hall–Kier alpha value is -6.86. The van der Waals surface area contributed by atoms with Crippen LogP contribution in [0.2, 0.25) is 0 Å². The highest BCUT2D eigenvalue weighted by atomic mass is 32.2. The van der Waals surface area contributed by atoms with Gasteiger partial charge >= 0.3 is 11.8 Å². The van der Waals surface area contributed by atoms with Gasteiger partial charge in [-0.05, 0) is 83.6 Å².